The Bertz CT molecular complexity index is 1030. The van der Waals surface area contributed by atoms with Crippen LogP contribution in [0.1, 0.15) is 5.69 Å². The Morgan fingerprint density at radius 3 is 2.68 bits per heavy atom. The van der Waals surface area contributed by atoms with Gasteiger partial charge in [-0.2, -0.15) is 0 Å². The van der Waals surface area contributed by atoms with Gasteiger partial charge in [-0.05, 0) is 30.4 Å². The fraction of sp³-hybridized carbons (Fsp3) is 0.100. The molecule has 0 radical (unpaired) electrons. The van der Waals surface area contributed by atoms with Crippen molar-refractivity contribution in [3.05, 3.63) is 70.3 Å². The van der Waals surface area contributed by atoms with Crippen LogP contribution >= 0.6 is 23.2 Å². The van der Waals surface area contributed by atoms with Crippen molar-refractivity contribution in [1.29, 1.82) is 0 Å². The quantitative estimate of drug-likeness (QED) is 0.333. The zero-order valence-electron chi connectivity index (χ0n) is 15.1. The molecule has 0 aliphatic carbocycles. The summed E-state index contributed by atoms with van der Waals surface area (Å²) >= 11 is 12.1. The van der Waals surface area contributed by atoms with Gasteiger partial charge in [0.25, 0.3) is 5.91 Å². The van der Waals surface area contributed by atoms with Crippen LogP contribution in [0.5, 0.6) is 5.75 Å². The van der Waals surface area contributed by atoms with Crippen molar-refractivity contribution in [2.75, 3.05) is 19.5 Å². The molecule has 8 heteroatoms. The van der Waals surface area contributed by atoms with E-state index < -0.39 is 5.91 Å². The van der Waals surface area contributed by atoms with Gasteiger partial charge in [-0.15, -0.1) is 0 Å². The van der Waals surface area contributed by atoms with Gasteiger partial charge in [0.1, 0.15) is 5.75 Å². The van der Waals surface area contributed by atoms with E-state index in [0.29, 0.717) is 21.5 Å². The summed E-state index contributed by atoms with van der Waals surface area (Å²) in [6, 6.07) is 7.15. The van der Waals surface area contributed by atoms with Crippen LogP contribution < -0.4 is 10.1 Å². The second-order valence-electron chi connectivity index (χ2n) is 5.74. The maximum absolute atomic E-state index is 12.4. The largest absolute Gasteiger partial charge is 0.495 e. The standard InChI is InChI=1S/C20H17Cl2N3O3/c1-27-15-8-14(10-23-11-15)25-20(26)19(28-2)5-3-4-13-6-12-7-16(21)17(22)9-18(12)24-13/h3-11,24H,1-2H3,(H,25,26). The number of aromatic amines is 1. The van der Waals surface area contributed by atoms with E-state index in [0.717, 1.165) is 16.6 Å². The highest BCUT2D eigenvalue weighted by molar-refractivity contribution is 6.42. The number of H-pyrrole nitrogens is 1. The van der Waals surface area contributed by atoms with Crippen LogP contribution in [0.3, 0.4) is 0 Å². The molecule has 2 N–H and O–H groups in total. The van der Waals surface area contributed by atoms with Crippen LogP contribution in [0, 0.1) is 0 Å². The number of pyridine rings is 1. The second-order valence-corrected chi connectivity index (χ2v) is 6.55. The monoisotopic (exact) mass is 417 g/mol. The molecule has 0 spiro atoms. The van der Waals surface area contributed by atoms with Gasteiger partial charge in [0.2, 0.25) is 0 Å². The molecular formula is C20H17Cl2N3O3. The third kappa shape index (κ3) is 4.65. The zero-order chi connectivity index (χ0) is 20.1. The number of aromatic nitrogens is 2. The maximum Gasteiger partial charge on any atom is 0.290 e. The number of nitrogens with one attached hydrogen (secondary N) is 2. The SMILES string of the molecule is COC(=CC=Cc1cc2cc(Cl)c(Cl)cc2[nH]1)C(=O)Nc1cncc(OC)c1. The normalized spacial score (nSPS) is 11.8. The molecule has 0 atom stereocenters. The number of nitrogens with zero attached hydrogens (tertiary/aromatic N) is 1. The summed E-state index contributed by atoms with van der Waals surface area (Å²) in [5.74, 6) is 0.276. The molecule has 0 saturated heterocycles. The molecule has 1 aromatic carbocycles. The fourth-order valence-electron chi connectivity index (χ4n) is 2.51. The van der Waals surface area contributed by atoms with Crippen molar-refractivity contribution in [3.8, 4) is 5.75 Å². The molecule has 28 heavy (non-hydrogen) atoms. The first kappa shape index (κ1) is 19.8. The van der Waals surface area contributed by atoms with Crippen LogP contribution in [0.4, 0.5) is 5.69 Å². The number of ether oxygens (including phenoxy) is 2. The lowest BCUT2D eigenvalue weighted by molar-refractivity contribution is -0.115. The van der Waals surface area contributed by atoms with Crippen LogP contribution in [-0.2, 0) is 9.53 Å². The summed E-state index contributed by atoms with van der Waals surface area (Å²) in [5.41, 5.74) is 2.20. The van der Waals surface area contributed by atoms with Gasteiger partial charge >= 0.3 is 0 Å². The smallest absolute Gasteiger partial charge is 0.290 e. The van der Waals surface area contributed by atoms with Gasteiger partial charge in [0, 0.05) is 22.7 Å². The molecule has 3 aromatic rings. The number of carbonyl (C=O) groups excluding carboxylic acids is 1. The molecule has 0 aliphatic rings. The summed E-state index contributed by atoms with van der Waals surface area (Å²) in [6.45, 7) is 0. The van der Waals surface area contributed by atoms with Crippen LogP contribution in [0.25, 0.3) is 17.0 Å². The molecule has 144 valence electrons. The lowest BCUT2D eigenvalue weighted by Gasteiger charge is -2.08. The first-order valence-electron chi connectivity index (χ1n) is 8.20. The zero-order valence-corrected chi connectivity index (χ0v) is 16.6. The molecule has 6 nitrogen and oxygen atoms in total. The Kier molecular flexibility index (Phi) is 6.23. The van der Waals surface area contributed by atoms with Gasteiger partial charge in [-0.1, -0.05) is 29.3 Å². The third-order valence-electron chi connectivity index (χ3n) is 3.86. The number of carbonyl (C=O) groups is 1. The van der Waals surface area contributed by atoms with E-state index in [-0.39, 0.29) is 5.76 Å². The minimum atomic E-state index is -0.405. The van der Waals surface area contributed by atoms with Gasteiger partial charge in [0.05, 0.1) is 42.3 Å². The Labute approximate surface area is 171 Å². The van der Waals surface area contributed by atoms with Crippen molar-refractivity contribution in [2.24, 2.45) is 0 Å². The number of allylic oxidation sites excluding steroid dienone is 2. The first-order chi connectivity index (χ1) is 13.5. The van der Waals surface area contributed by atoms with Gasteiger partial charge in [-0.25, -0.2) is 0 Å². The molecule has 0 bridgehead atoms. The summed E-state index contributed by atoms with van der Waals surface area (Å²) in [6.07, 6.45) is 8.14. The molecule has 2 heterocycles. The van der Waals surface area contributed by atoms with Crippen molar-refractivity contribution >= 4 is 51.8 Å². The number of benzene rings is 1. The maximum atomic E-state index is 12.4. The summed E-state index contributed by atoms with van der Waals surface area (Å²) in [7, 11) is 2.95. The third-order valence-corrected chi connectivity index (χ3v) is 4.58. The van der Waals surface area contributed by atoms with Gasteiger partial charge in [0.15, 0.2) is 5.76 Å². The predicted octanol–water partition coefficient (Wildman–Crippen LogP) is 5.06. The average molecular weight is 418 g/mol. The summed E-state index contributed by atoms with van der Waals surface area (Å²) < 4.78 is 10.3. The van der Waals surface area contributed by atoms with Gasteiger partial charge in [-0.3, -0.25) is 9.78 Å². The number of fused-ring (bicyclic) bond motifs is 1. The number of methoxy groups -OCH3 is 2. The number of hydrogen-bond acceptors (Lipinski definition) is 4. The Balaban J connectivity index is 1.74. The summed E-state index contributed by atoms with van der Waals surface area (Å²) in [5, 5.41) is 4.62. The Hall–Kier alpha value is -2.96. The van der Waals surface area contributed by atoms with E-state index in [4.69, 9.17) is 32.7 Å². The molecule has 0 fully saturated rings. The topological polar surface area (TPSA) is 76.2 Å². The average Bonchev–Trinajstić information content (AvgIpc) is 3.07. The van der Waals surface area contributed by atoms with E-state index >= 15 is 0 Å². The minimum Gasteiger partial charge on any atom is -0.495 e. The van der Waals surface area contributed by atoms with Crippen LogP contribution in [-0.4, -0.2) is 30.1 Å². The molecule has 2 aromatic heterocycles. The van der Waals surface area contributed by atoms with Crippen LogP contribution in [0.2, 0.25) is 10.0 Å². The van der Waals surface area contributed by atoms with E-state index in [1.165, 1.54) is 20.4 Å². The molecule has 0 aliphatic heterocycles. The second kappa shape index (κ2) is 8.82. The predicted molar refractivity (Wildman–Crippen MR) is 112 cm³/mol. The van der Waals surface area contributed by atoms with Crippen molar-refractivity contribution < 1.29 is 14.3 Å². The van der Waals surface area contributed by atoms with E-state index in [1.807, 2.05) is 6.07 Å². The summed E-state index contributed by atoms with van der Waals surface area (Å²) in [4.78, 5) is 19.6. The lowest BCUT2D eigenvalue weighted by atomic mass is 10.2. The van der Waals surface area contributed by atoms with E-state index in [1.54, 1.807) is 42.6 Å². The van der Waals surface area contributed by atoms with Crippen molar-refractivity contribution in [1.82, 2.24) is 9.97 Å². The number of halogens is 2. The highest BCUT2D eigenvalue weighted by Crippen LogP contribution is 2.28. The lowest BCUT2D eigenvalue weighted by Crippen LogP contribution is -2.15. The number of rotatable bonds is 6. The van der Waals surface area contributed by atoms with E-state index in [9.17, 15) is 4.79 Å². The number of hydrogen-bond donors (Lipinski definition) is 2. The first-order valence-corrected chi connectivity index (χ1v) is 8.96. The molecule has 1 amide bonds. The fourth-order valence-corrected chi connectivity index (χ4v) is 2.84. The Morgan fingerprint density at radius 2 is 1.93 bits per heavy atom. The van der Waals surface area contributed by atoms with Crippen molar-refractivity contribution in [3.63, 3.8) is 0 Å². The number of amides is 1. The molecule has 3 rings (SSSR count). The molecule has 0 saturated carbocycles. The molecular weight excluding hydrogens is 401 g/mol. The van der Waals surface area contributed by atoms with Crippen molar-refractivity contribution in [2.45, 2.75) is 0 Å². The Morgan fingerprint density at radius 1 is 1.14 bits per heavy atom. The minimum absolute atomic E-state index is 0.140. The highest BCUT2D eigenvalue weighted by atomic mass is 35.5. The van der Waals surface area contributed by atoms with Crippen LogP contribution in [0.15, 0.2) is 54.6 Å². The van der Waals surface area contributed by atoms with E-state index in [2.05, 4.69) is 15.3 Å². The van der Waals surface area contributed by atoms with Gasteiger partial charge < -0.3 is 19.8 Å². The molecule has 0 unspecified atom stereocenters. The number of anilines is 1. The highest BCUT2D eigenvalue weighted by Gasteiger charge is 2.10.